The van der Waals surface area contributed by atoms with Crippen molar-refractivity contribution >= 4 is 5.91 Å². The number of pyridine rings is 1. The number of hydrogen-bond donors (Lipinski definition) is 2. The lowest BCUT2D eigenvalue weighted by Crippen LogP contribution is -2.28. The van der Waals surface area contributed by atoms with E-state index in [4.69, 9.17) is 0 Å². The molecule has 0 saturated carbocycles. The summed E-state index contributed by atoms with van der Waals surface area (Å²) in [5.41, 5.74) is -0.901. The Kier molecular flexibility index (Phi) is 5.17. The van der Waals surface area contributed by atoms with Gasteiger partial charge in [0.05, 0.1) is 36.6 Å². The number of alkyl halides is 3. The maximum Gasteiger partial charge on any atom is 0.418 e. The Hall–Kier alpha value is -2.89. The number of aromatic nitrogens is 1. The summed E-state index contributed by atoms with van der Waals surface area (Å²) >= 11 is 0. The Bertz CT molecular complexity index is 894. The summed E-state index contributed by atoms with van der Waals surface area (Å²) in [6, 6.07) is 8.81. The van der Waals surface area contributed by atoms with Crippen LogP contribution < -0.4 is 0 Å². The summed E-state index contributed by atoms with van der Waals surface area (Å²) in [4.78, 5) is 17.0. The van der Waals surface area contributed by atoms with E-state index >= 15 is 0 Å². The number of carbonyl (C=O) groups is 1. The Morgan fingerprint density at radius 2 is 1.78 bits per heavy atom. The molecule has 2 aromatic rings. The van der Waals surface area contributed by atoms with Crippen LogP contribution in [0.5, 0.6) is 0 Å². The average molecular weight is 376 g/mol. The smallest absolute Gasteiger partial charge is 0.388 e. The molecule has 1 aromatic heterocycles. The first-order chi connectivity index (χ1) is 12.8. The fraction of sp³-hybridized carbons (Fsp3) is 0.263. The number of aliphatic hydroxyl groups excluding tert-OH is 2. The predicted octanol–water partition coefficient (Wildman–Crippen LogP) is 1.68. The molecule has 2 N–H and O–H groups in total. The van der Waals surface area contributed by atoms with Crippen LogP contribution in [-0.2, 0) is 11.0 Å². The van der Waals surface area contributed by atoms with Crippen LogP contribution in [0.4, 0.5) is 13.2 Å². The summed E-state index contributed by atoms with van der Waals surface area (Å²) in [7, 11) is 0. The molecule has 2 heterocycles. The normalized spacial score (nSPS) is 19.5. The van der Waals surface area contributed by atoms with Crippen molar-refractivity contribution in [1.29, 1.82) is 0 Å². The lowest BCUT2D eigenvalue weighted by atomic mass is 10.0. The van der Waals surface area contributed by atoms with Gasteiger partial charge in [0.15, 0.2) is 0 Å². The van der Waals surface area contributed by atoms with Crippen molar-refractivity contribution in [1.82, 2.24) is 9.88 Å². The average Bonchev–Trinajstić information content (AvgIpc) is 2.98. The number of carbonyl (C=O) groups excluding carboxylic acids is 1. The van der Waals surface area contributed by atoms with Gasteiger partial charge in [-0.3, -0.25) is 9.78 Å². The van der Waals surface area contributed by atoms with E-state index in [1.54, 1.807) is 18.2 Å². The van der Waals surface area contributed by atoms with Crippen molar-refractivity contribution in [3.8, 4) is 23.1 Å². The van der Waals surface area contributed by atoms with Gasteiger partial charge in [-0.25, -0.2) is 0 Å². The number of hydrogen-bond acceptors (Lipinski definition) is 4. The fourth-order valence-corrected chi connectivity index (χ4v) is 2.72. The zero-order chi connectivity index (χ0) is 19.6. The Balaban J connectivity index is 1.89. The third-order valence-electron chi connectivity index (χ3n) is 4.10. The van der Waals surface area contributed by atoms with Gasteiger partial charge < -0.3 is 15.1 Å². The molecule has 0 radical (unpaired) electrons. The number of benzene rings is 1. The first-order valence-corrected chi connectivity index (χ1v) is 8.05. The van der Waals surface area contributed by atoms with Crippen LogP contribution in [0.15, 0.2) is 42.6 Å². The summed E-state index contributed by atoms with van der Waals surface area (Å²) in [6.07, 6.45) is -5.58. The van der Waals surface area contributed by atoms with Crippen molar-refractivity contribution in [3.05, 3.63) is 53.7 Å². The number of halogens is 3. The summed E-state index contributed by atoms with van der Waals surface area (Å²) < 4.78 is 40.3. The van der Waals surface area contributed by atoms with Gasteiger partial charge in [-0.15, -0.1) is 0 Å². The van der Waals surface area contributed by atoms with Gasteiger partial charge in [-0.1, -0.05) is 36.3 Å². The number of likely N-dealkylation sites (tertiary alicyclic amines) is 1. The summed E-state index contributed by atoms with van der Waals surface area (Å²) in [5, 5.41) is 18.9. The second kappa shape index (κ2) is 7.39. The molecule has 0 unspecified atom stereocenters. The molecule has 1 amide bonds. The molecule has 2 atom stereocenters. The third kappa shape index (κ3) is 4.27. The molecule has 0 aliphatic carbocycles. The highest BCUT2D eigenvalue weighted by molar-refractivity contribution is 5.94. The Morgan fingerprint density at radius 3 is 2.37 bits per heavy atom. The van der Waals surface area contributed by atoms with Gasteiger partial charge in [0, 0.05) is 23.2 Å². The third-order valence-corrected chi connectivity index (χ3v) is 4.10. The van der Waals surface area contributed by atoms with E-state index in [1.165, 1.54) is 18.3 Å². The van der Waals surface area contributed by atoms with E-state index in [0.717, 1.165) is 11.0 Å². The second-order valence-corrected chi connectivity index (χ2v) is 6.08. The molecule has 8 heteroatoms. The number of β-amino-alcohol motifs (C(OH)–C–C–N with tert-alkyl or cyclic N) is 2. The molecular formula is C19H15F3N2O3. The maximum atomic E-state index is 13.4. The fourth-order valence-electron chi connectivity index (χ4n) is 2.72. The minimum Gasteiger partial charge on any atom is -0.388 e. The van der Waals surface area contributed by atoms with E-state index < -0.39 is 29.9 Å². The van der Waals surface area contributed by atoms with Gasteiger partial charge in [0.2, 0.25) is 0 Å². The van der Waals surface area contributed by atoms with Crippen LogP contribution >= 0.6 is 0 Å². The quantitative estimate of drug-likeness (QED) is 0.743. The first kappa shape index (κ1) is 18.9. The van der Waals surface area contributed by atoms with Crippen LogP contribution in [0.25, 0.3) is 11.3 Å². The molecular weight excluding hydrogens is 361 g/mol. The largest absolute Gasteiger partial charge is 0.418 e. The highest BCUT2D eigenvalue weighted by Gasteiger charge is 2.35. The van der Waals surface area contributed by atoms with E-state index in [1.807, 2.05) is 0 Å². The zero-order valence-electron chi connectivity index (χ0n) is 13.9. The van der Waals surface area contributed by atoms with Gasteiger partial charge in [0.1, 0.15) is 0 Å². The predicted molar refractivity (Wildman–Crippen MR) is 90.1 cm³/mol. The lowest BCUT2D eigenvalue weighted by Gasteiger charge is -2.12. The number of amides is 1. The monoisotopic (exact) mass is 376 g/mol. The minimum absolute atomic E-state index is 0.0596. The molecule has 1 fully saturated rings. The molecule has 0 spiro atoms. The minimum atomic E-state index is -4.64. The van der Waals surface area contributed by atoms with Crippen molar-refractivity contribution in [3.63, 3.8) is 0 Å². The van der Waals surface area contributed by atoms with Crippen LogP contribution in [0.2, 0.25) is 0 Å². The molecule has 1 aliphatic heterocycles. The molecule has 1 aromatic carbocycles. The van der Waals surface area contributed by atoms with Crippen LogP contribution in [0.3, 0.4) is 0 Å². The first-order valence-electron chi connectivity index (χ1n) is 8.05. The van der Waals surface area contributed by atoms with Crippen LogP contribution in [0.1, 0.15) is 11.1 Å². The zero-order valence-corrected chi connectivity index (χ0v) is 13.9. The van der Waals surface area contributed by atoms with E-state index in [0.29, 0.717) is 5.56 Å². The highest BCUT2D eigenvalue weighted by atomic mass is 19.4. The van der Waals surface area contributed by atoms with Crippen molar-refractivity contribution in [2.45, 2.75) is 18.4 Å². The summed E-state index contributed by atoms with van der Waals surface area (Å²) in [6.45, 7) is -0.151. The molecule has 27 heavy (non-hydrogen) atoms. The molecule has 140 valence electrons. The van der Waals surface area contributed by atoms with E-state index in [2.05, 4.69) is 16.8 Å². The van der Waals surface area contributed by atoms with Gasteiger partial charge in [-0.2, -0.15) is 13.2 Å². The number of nitrogens with zero attached hydrogens (tertiary/aromatic N) is 2. The van der Waals surface area contributed by atoms with E-state index in [-0.39, 0.29) is 24.3 Å². The molecule has 5 nitrogen and oxygen atoms in total. The molecule has 1 saturated heterocycles. The van der Waals surface area contributed by atoms with Crippen LogP contribution in [-0.4, -0.2) is 51.3 Å². The standard InChI is InChI=1S/C19H15F3N2O3/c20-19(21,22)14-8-12(9-23-18(14)13-4-2-1-3-5-13)6-7-17(27)24-10-15(25)16(26)11-24/h1-5,8-9,15-16,25-26H,10-11H2/t15-,16+. The topological polar surface area (TPSA) is 73.7 Å². The Morgan fingerprint density at radius 1 is 1.15 bits per heavy atom. The highest BCUT2D eigenvalue weighted by Crippen LogP contribution is 2.36. The van der Waals surface area contributed by atoms with Crippen molar-refractivity contribution in [2.75, 3.05) is 13.1 Å². The van der Waals surface area contributed by atoms with Gasteiger partial charge >= 0.3 is 6.18 Å². The van der Waals surface area contributed by atoms with Crippen molar-refractivity contribution < 1.29 is 28.2 Å². The van der Waals surface area contributed by atoms with Gasteiger partial charge in [-0.05, 0) is 6.07 Å². The Labute approximate surface area is 153 Å². The van der Waals surface area contributed by atoms with E-state index in [9.17, 15) is 28.2 Å². The van der Waals surface area contributed by atoms with Crippen LogP contribution in [0, 0.1) is 11.8 Å². The summed E-state index contributed by atoms with van der Waals surface area (Å²) in [5.74, 6) is 3.91. The molecule has 3 rings (SSSR count). The molecule has 0 bridgehead atoms. The number of rotatable bonds is 1. The van der Waals surface area contributed by atoms with Gasteiger partial charge in [0.25, 0.3) is 5.91 Å². The SMILES string of the molecule is O=C(C#Cc1cnc(-c2ccccc2)c(C(F)(F)F)c1)N1C[C@@H](O)[C@@H](O)C1. The lowest BCUT2D eigenvalue weighted by molar-refractivity contribution is -0.137. The maximum absolute atomic E-state index is 13.4. The second-order valence-electron chi connectivity index (χ2n) is 6.08. The molecule has 1 aliphatic rings. The van der Waals surface area contributed by atoms with Crippen molar-refractivity contribution in [2.24, 2.45) is 0 Å². The number of aliphatic hydroxyl groups is 2.